The maximum Gasteiger partial charge on any atom is 0.0432 e. The van der Waals surface area contributed by atoms with Crippen molar-refractivity contribution in [1.29, 1.82) is 0 Å². The van der Waals surface area contributed by atoms with Gasteiger partial charge in [0.05, 0.1) is 0 Å². The highest BCUT2D eigenvalue weighted by Gasteiger charge is 2.40. The average molecular weight is 259 g/mol. The standard InChI is InChI=1S/C13H29N3S/c1-5-16(8-6-7-15(3)4)13(10-14)9-12(2)17-11-13/h12H,5-11,14H2,1-4H3. The highest BCUT2D eigenvalue weighted by molar-refractivity contribution is 8.00. The Morgan fingerprint density at radius 2 is 2.06 bits per heavy atom. The molecule has 1 aliphatic heterocycles. The van der Waals surface area contributed by atoms with Gasteiger partial charge in [0.25, 0.3) is 0 Å². The molecule has 102 valence electrons. The van der Waals surface area contributed by atoms with Gasteiger partial charge < -0.3 is 10.6 Å². The second-order valence-electron chi connectivity index (χ2n) is 5.49. The van der Waals surface area contributed by atoms with Crippen molar-refractivity contribution in [3.05, 3.63) is 0 Å². The molecule has 0 aromatic heterocycles. The minimum atomic E-state index is 0.269. The molecule has 2 unspecified atom stereocenters. The first kappa shape index (κ1) is 15.3. The lowest BCUT2D eigenvalue weighted by atomic mass is 9.93. The third-order valence-electron chi connectivity index (χ3n) is 3.77. The summed E-state index contributed by atoms with van der Waals surface area (Å²) in [6.07, 6.45) is 2.49. The summed E-state index contributed by atoms with van der Waals surface area (Å²) in [4.78, 5) is 4.88. The van der Waals surface area contributed by atoms with E-state index in [0.717, 1.165) is 18.3 Å². The van der Waals surface area contributed by atoms with Crippen LogP contribution in [0.5, 0.6) is 0 Å². The molecule has 1 saturated heterocycles. The van der Waals surface area contributed by atoms with E-state index in [0.29, 0.717) is 0 Å². The van der Waals surface area contributed by atoms with Crippen molar-refractivity contribution >= 4 is 11.8 Å². The van der Waals surface area contributed by atoms with Crippen LogP contribution in [-0.2, 0) is 0 Å². The van der Waals surface area contributed by atoms with Crippen molar-refractivity contribution in [2.24, 2.45) is 5.73 Å². The van der Waals surface area contributed by atoms with Gasteiger partial charge >= 0.3 is 0 Å². The summed E-state index contributed by atoms with van der Waals surface area (Å²) < 4.78 is 0. The van der Waals surface area contributed by atoms with Crippen molar-refractivity contribution in [3.63, 3.8) is 0 Å². The molecule has 0 aromatic carbocycles. The number of hydrogen-bond acceptors (Lipinski definition) is 4. The molecule has 2 N–H and O–H groups in total. The molecule has 0 bridgehead atoms. The van der Waals surface area contributed by atoms with Crippen LogP contribution in [0.25, 0.3) is 0 Å². The van der Waals surface area contributed by atoms with Crippen molar-refractivity contribution in [2.45, 2.75) is 37.5 Å². The van der Waals surface area contributed by atoms with Crippen molar-refractivity contribution in [1.82, 2.24) is 9.80 Å². The van der Waals surface area contributed by atoms with Gasteiger partial charge in [0.1, 0.15) is 0 Å². The van der Waals surface area contributed by atoms with Crippen molar-refractivity contribution in [2.75, 3.05) is 46.0 Å². The second-order valence-corrected chi connectivity index (χ2v) is 6.92. The van der Waals surface area contributed by atoms with Gasteiger partial charge in [-0.05, 0) is 46.6 Å². The molecule has 4 heteroatoms. The van der Waals surface area contributed by atoms with E-state index >= 15 is 0 Å². The molecule has 0 saturated carbocycles. The zero-order valence-corrected chi connectivity index (χ0v) is 12.7. The lowest BCUT2D eigenvalue weighted by Crippen LogP contribution is -2.54. The van der Waals surface area contributed by atoms with Gasteiger partial charge in [-0.1, -0.05) is 13.8 Å². The molecule has 1 fully saturated rings. The van der Waals surface area contributed by atoms with Gasteiger partial charge in [-0.25, -0.2) is 0 Å². The monoisotopic (exact) mass is 259 g/mol. The summed E-state index contributed by atoms with van der Waals surface area (Å²) in [5.74, 6) is 1.21. The van der Waals surface area contributed by atoms with Crippen LogP contribution in [0.15, 0.2) is 0 Å². The van der Waals surface area contributed by atoms with E-state index in [1.165, 1.54) is 31.7 Å². The molecule has 0 aliphatic carbocycles. The molecule has 0 spiro atoms. The van der Waals surface area contributed by atoms with E-state index in [2.05, 4.69) is 49.5 Å². The van der Waals surface area contributed by atoms with E-state index in [1.807, 2.05) is 0 Å². The summed E-state index contributed by atoms with van der Waals surface area (Å²) in [6, 6.07) is 0. The Kier molecular flexibility index (Phi) is 6.27. The third kappa shape index (κ3) is 4.12. The summed E-state index contributed by atoms with van der Waals surface area (Å²) in [5, 5.41) is 0.765. The summed E-state index contributed by atoms with van der Waals surface area (Å²) in [5.41, 5.74) is 6.34. The topological polar surface area (TPSA) is 32.5 Å². The van der Waals surface area contributed by atoms with Crippen LogP contribution >= 0.6 is 11.8 Å². The normalized spacial score (nSPS) is 29.5. The molecular weight excluding hydrogens is 230 g/mol. The fourth-order valence-corrected chi connectivity index (χ4v) is 4.19. The first-order valence-corrected chi connectivity index (χ1v) is 7.80. The molecule has 0 radical (unpaired) electrons. The average Bonchev–Trinajstić information content (AvgIpc) is 2.67. The van der Waals surface area contributed by atoms with Crippen molar-refractivity contribution < 1.29 is 0 Å². The highest BCUT2D eigenvalue weighted by Crippen LogP contribution is 2.37. The lowest BCUT2D eigenvalue weighted by Gasteiger charge is -2.40. The second kappa shape index (κ2) is 6.98. The Balaban J connectivity index is 2.52. The van der Waals surface area contributed by atoms with Crippen molar-refractivity contribution in [3.8, 4) is 0 Å². The van der Waals surface area contributed by atoms with Crippen LogP contribution in [-0.4, -0.2) is 66.6 Å². The molecule has 3 nitrogen and oxygen atoms in total. The Hall–Kier alpha value is 0.230. The maximum atomic E-state index is 6.07. The first-order chi connectivity index (χ1) is 8.04. The lowest BCUT2D eigenvalue weighted by molar-refractivity contribution is 0.114. The predicted molar refractivity (Wildman–Crippen MR) is 78.7 cm³/mol. The smallest absolute Gasteiger partial charge is 0.0432 e. The third-order valence-corrected chi connectivity index (χ3v) is 5.21. The van der Waals surface area contributed by atoms with E-state index in [4.69, 9.17) is 5.73 Å². The van der Waals surface area contributed by atoms with Gasteiger partial charge in [-0.15, -0.1) is 0 Å². The fourth-order valence-electron chi connectivity index (χ4n) is 2.75. The predicted octanol–water partition coefficient (Wildman–Crippen LogP) is 1.48. The molecular formula is C13H29N3S. The van der Waals surface area contributed by atoms with Crippen LogP contribution in [0.3, 0.4) is 0 Å². The number of hydrogen-bond donors (Lipinski definition) is 1. The number of rotatable bonds is 7. The van der Waals surface area contributed by atoms with Crippen LogP contribution in [0.1, 0.15) is 26.7 Å². The summed E-state index contributed by atoms with van der Waals surface area (Å²) in [7, 11) is 4.28. The molecule has 17 heavy (non-hydrogen) atoms. The minimum absolute atomic E-state index is 0.269. The molecule has 0 amide bonds. The Labute approximate surface area is 111 Å². The summed E-state index contributed by atoms with van der Waals surface area (Å²) in [6.45, 7) is 8.87. The molecule has 1 aliphatic rings. The van der Waals surface area contributed by atoms with Crippen LogP contribution < -0.4 is 5.73 Å². The van der Waals surface area contributed by atoms with Gasteiger partial charge in [0.2, 0.25) is 0 Å². The van der Waals surface area contributed by atoms with Gasteiger partial charge in [0, 0.05) is 23.1 Å². The van der Waals surface area contributed by atoms with E-state index in [1.54, 1.807) is 0 Å². The van der Waals surface area contributed by atoms with Crippen LogP contribution in [0.2, 0.25) is 0 Å². The SMILES string of the molecule is CCN(CCCN(C)C)C1(CN)CSC(C)C1. The van der Waals surface area contributed by atoms with E-state index < -0.39 is 0 Å². The number of thioether (sulfide) groups is 1. The number of nitrogens with zero attached hydrogens (tertiary/aromatic N) is 2. The van der Waals surface area contributed by atoms with Gasteiger partial charge in [0.15, 0.2) is 0 Å². The fraction of sp³-hybridized carbons (Fsp3) is 1.00. The first-order valence-electron chi connectivity index (χ1n) is 6.75. The van der Waals surface area contributed by atoms with E-state index in [9.17, 15) is 0 Å². The molecule has 2 atom stereocenters. The van der Waals surface area contributed by atoms with Gasteiger partial charge in [-0.3, -0.25) is 4.90 Å². The Bertz CT molecular complexity index is 223. The van der Waals surface area contributed by atoms with Crippen LogP contribution in [0, 0.1) is 0 Å². The number of likely N-dealkylation sites (N-methyl/N-ethyl adjacent to an activating group) is 1. The number of nitrogens with two attached hydrogens (primary N) is 1. The zero-order chi connectivity index (χ0) is 12.9. The molecule has 1 heterocycles. The molecule has 1 rings (SSSR count). The highest BCUT2D eigenvalue weighted by atomic mass is 32.2. The largest absolute Gasteiger partial charge is 0.329 e. The summed E-state index contributed by atoms with van der Waals surface area (Å²) >= 11 is 2.08. The van der Waals surface area contributed by atoms with Crippen LogP contribution in [0.4, 0.5) is 0 Å². The minimum Gasteiger partial charge on any atom is -0.329 e. The Morgan fingerprint density at radius 3 is 2.47 bits per heavy atom. The van der Waals surface area contributed by atoms with Gasteiger partial charge in [-0.2, -0.15) is 11.8 Å². The maximum absolute atomic E-state index is 6.07. The zero-order valence-electron chi connectivity index (χ0n) is 11.9. The van der Waals surface area contributed by atoms with E-state index in [-0.39, 0.29) is 5.54 Å². The Morgan fingerprint density at radius 1 is 1.35 bits per heavy atom. The molecule has 0 aromatic rings. The quantitative estimate of drug-likeness (QED) is 0.751.